The maximum absolute atomic E-state index is 12.3. The number of aryl methyl sites for hydroxylation is 1. The zero-order valence-electron chi connectivity index (χ0n) is 13.2. The van der Waals surface area contributed by atoms with Crippen molar-refractivity contribution >= 4 is 41.6 Å². The Morgan fingerprint density at radius 3 is 2.76 bits per heavy atom. The Hall–Kier alpha value is -2.77. The number of carbonyl (C=O) groups is 1. The van der Waals surface area contributed by atoms with Gasteiger partial charge in [-0.25, -0.2) is 0 Å². The number of nitrogens with one attached hydrogen (secondary N) is 2. The Kier molecular flexibility index (Phi) is 5.06. The summed E-state index contributed by atoms with van der Waals surface area (Å²) in [6, 6.07) is 14.0. The molecule has 3 rings (SSSR count). The SMILES string of the molecule is Cc1n[nH]c(=S)n1/N=C/c1cccc(NC(=O)c2ccc(Cl)cc2)c1. The van der Waals surface area contributed by atoms with Crippen molar-refractivity contribution in [1.29, 1.82) is 0 Å². The van der Waals surface area contributed by atoms with Crippen molar-refractivity contribution in [3.8, 4) is 0 Å². The lowest BCUT2D eigenvalue weighted by Gasteiger charge is -2.06. The van der Waals surface area contributed by atoms with E-state index in [0.29, 0.717) is 26.9 Å². The number of benzene rings is 2. The highest BCUT2D eigenvalue weighted by atomic mass is 35.5. The van der Waals surface area contributed by atoms with Crippen LogP contribution in [0.25, 0.3) is 0 Å². The van der Waals surface area contributed by atoms with Gasteiger partial charge in [-0.05, 0) is 61.1 Å². The van der Waals surface area contributed by atoms with Gasteiger partial charge in [0.2, 0.25) is 4.77 Å². The minimum Gasteiger partial charge on any atom is -0.322 e. The predicted molar refractivity (Wildman–Crippen MR) is 101 cm³/mol. The van der Waals surface area contributed by atoms with E-state index in [1.54, 1.807) is 43.5 Å². The second-order valence-electron chi connectivity index (χ2n) is 5.22. The van der Waals surface area contributed by atoms with E-state index in [-0.39, 0.29) is 5.91 Å². The van der Waals surface area contributed by atoms with Gasteiger partial charge in [0.1, 0.15) is 5.82 Å². The van der Waals surface area contributed by atoms with Gasteiger partial charge in [0.25, 0.3) is 5.91 Å². The molecule has 0 unspecified atom stereocenters. The van der Waals surface area contributed by atoms with Crippen LogP contribution in [0.2, 0.25) is 5.02 Å². The molecule has 0 atom stereocenters. The number of rotatable bonds is 4. The molecule has 1 amide bonds. The van der Waals surface area contributed by atoms with Gasteiger partial charge in [0.05, 0.1) is 6.21 Å². The van der Waals surface area contributed by atoms with Gasteiger partial charge in [-0.15, -0.1) is 0 Å². The molecular formula is C17H14ClN5OS. The molecule has 0 saturated carbocycles. The Morgan fingerprint density at radius 1 is 1.32 bits per heavy atom. The highest BCUT2D eigenvalue weighted by Crippen LogP contribution is 2.14. The largest absolute Gasteiger partial charge is 0.322 e. The molecule has 3 aromatic rings. The van der Waals surface area contributed by atoms with Crippen molar-refractivity contribution in [1.82, 2.24) is 14.9 Å². The van der Waals surface area contributed by atoms with Crippen molar-refractivity contribution in [3.63, 3.8) is 0 Å². The molecule has 6 nitrogen and oxygen atoms in total. The number of H-pyrrole nitrogens is 1. The number of hydrogen-bond donors (Lipinski definition) is 2. The maximum Gasteiger partial charge on any atom is 0.255 e. The Bertz CT molecular complexity index is 991. The molecule has 0 fully saturated rings. The molecule has 0 aliphatic heterocycles. The van der Waals surface area contributed by atoms with Crippen LogP contribution >= 0.6 is 23.8 Å². The van der Waals surface area contributed by atoms with Gasteiger partial charge in [-0.3, -0.25) is 9.89 Å². The summed E-state index contributed by atoms with van der Waals surface area (Å²) in [6.07, 6.45) is 1.65. The molecule has 2 aromatic carbocycles. The third-order valence-electron chi connectivity index (χ3n) is 3.39. The standard InChI is InChI=1S/C17H14ClN5OS/c1-11-21-22-17(25)23(11)19-10-12-3-2-4-15(9-12)20-16(24)13-5-7-14(18)8-6-13/h2-10H,1H3,(H,20,24)(H,22,25)/b19-10+. The van der Waals surface area contributed by atoms with Crippen LogP contribution in [0, 0.1) is 11.7 Å². The Morgan fingerprint density at radius 2 is 2.08 bits per heavy atom. The van der Waals surface area contributed by atoms with Crippen LogP contribution in [-0.4, -0.2) is 27.0 Å². The second kappa shape index (κ2) is 7.42. The van der Waals surface area contributed by atoms with E-state index in [9.17, 15) is 4.79 Å². The van der Waals surface area contributed by atoms with E-state index < -0.39 is 0 Å². The average molecular weight is 372 g/mol. The van der Waals surface area contributed by atoms with Gasteiger partial charge in [-0.2, -0.15) is 14.9 Å². The molecule has 126 valence electrons. The van der Waals surface area contributed by atoms with Crippen molar-refractivity contribution in [2.45, 2.75) is 6.92 Å². The lowest BCUT2D eigenvalue weighted by Crippen LogP contribution is -2.11. The van der Waals surface area contributed by atoms with Crippen LogP contribution in [0.15, 0.2) is 53.6 Å². The van der Waals surface area contributed by atoms with E-state index in [1.165, 1.54) is 4.68 Å². The molecular weight excluding hydrogens is 358 g/mol. The molecule has 8 heteroatoms. The molecule has 0 aliphatic carbocycles. The van der Waals surface area contributed by atoms with E-state index in [4.69, 9.17) is 23.8 Å². The zero-order valence-corrected chi connectivity index (χ0v) is 14.8. The van der Waals surface area contributed by atoms with E-state index in [0.717, 1.165) is 5.56 Å². The van der Waals surface area contributed by atoms with Gasteiger partial charge >= 0.3 is 0 Å². The van der Waals surface area contributed by atoms with Gasteiger partial charge < -0.3 is 5.32 Å². The van der Waals surface area contributed by atoms with Crippen molar-refractivity contribution in [2.24, 2.45) is 5.10 Å². The molecule has 25 heavy (non-hydrogen) atoms. The molecule has 1 heterocycles. The van der Waals surface area contributed by atoms with Gasteiger partial charge in [0, 0.05) is 16.3 Å². The Labute approximate surface area is 154 Å². The van der Waals surface area contributed by atoms with E-state index in [2.05, 4.69) is 20.6 Å². The van der Waals surface area contributed by atoms with Crippen LogP contribution in [0.4, 0.5) is 5.69 Å². The van der Waals surface area contributed by atoms with Crippen LogP contribution in [0.5, 0.6) is 0 Å². The molecule has 1 aromatic heterocycles. The number of halogens is 1. The van der Waals surface area contributed by atoms with Crippen LogP contribution < -0.4 is 5.32 Å². The average Bonchev–Trinajstić information content (AvgIpc) is 2.92. The number of nitrogens with zero attached hydrogens (tertiary/aromatic N) is 3. The van der Waals surface area contributed by atoms with E-state index in [1.807, 2.05) is 18.2 Å². The first-order valence-corrected chi connectivity index (χ1v) is 8.17. The van der Waals surface area contributed by atoms with Crippen molar-refractivity contribution in [3.05, 3.63) is 75.3 Å². The molecule has 0 saturated heterocycles. The van der Waals surface area contributed by atoms with E-state index >= 15 is 0 Å². The first-order chi connectivity index (χ1) is 12.0. The summed E-state index contributed by atoms with van der Waals surface area (Å²) in [5.41, 5.74) is 2.01. The lowest BCUT2D eigenvalue weighted by molar-refractivity contribution is 0.102. The first kappa shape index (κ1) is 17.1. The topological polar surface area (TPSA) is 75.1 Å². The molecule has 0 spiro atoms. The third kappa shape index (κ3) is 4.20. The molecule has 0 bridgehead atoms. The second-order valence-corrected chi connectivity index (χ2v) is 6.04. The zero-order chi connectivity index (χ0) is 17.8. The highest BCUT2D eigenvalue weighted by Gasteiger charge is 2.06. The fraction of sp³-hybridized carbons (Fsp3) is 0.0588. The van der Waals surface area contributed by atoms with Crippen LogP contribution in [0.3, 0.4) is 0 Å². The Balaban J connectivity index is 1.76. The third-order valence-corrected chi connectivity index (χ3v) is 3.90. The van der Waals surface area contributed by atoms with Gasteiger partial charge in [0.15, 0.2) is 0 Å². The molecule has 0 radical (unpaired) electrons. The van der Waals surface area contributed by atoms with Crippen LogP contribution in [-0.2, 0) is 0 Å². The quantitative estimate of drug-likeness (QED) is 0.537. The smallest absolute Gasteiger partial charge is 0.255 e. The first-order valence-electron chi connectivity index (χ1n) is 7.38. The number of hydrogen-bond acceptors (Lipinski definition) is 4. The summed E-state index contributed by atoms with van der Waals surface area (Å²) in [6.45, 7) is 1.80. The number of aromatic nitrogens is 3. The number of anilines is 1. The summed E-state index contributed by atoms with van der Waals surface area (Å²) >= 11 is 10.9. The van der Waals surface area contributed by atoms with Gasteiger partial charge in [-0.1, -0.05) is 23.7 Å². The van der Waals surface area contributed by atoms with Crippen LogP contribution in [0.1, 0.15) is 21.7 Å². The fourth-order valence-corrected chi connectivity index (χ4v) is 2.48. The number of amides is 1. The summed E-state index contributed by atoms with van der Waals surface area (Å²) in [5, 5.41) is 14.4. The number of carbonyl (C=O) groups excluding carboxylic acids is 1. The summed E-state index contributed by atoms with van der Waals surface area (Å²) < 4.78 is 1.94. The van der Waals surface area contributed by atoms with Crippen molar-refractivity contribution < 1.29 is 4.79 Å². The predicted octanol–water partition coefficient (Wildman–Crippen LogP) is 4.04. The normalized spacial score (nSPS) is 11.0. The summed E-state index contributed by atoms with van der Waals surface area (Å²) in [5.74, 6) is 0.451. The minimum atomic E-state index is -0.210. The molecule has 2 N–H and O–H groups in total. The fourth-order valence-electron chi connectivity index (χ4n) is 2.13. The molecule has 0 aliphatic rings. The maximum atomic E-state index is 12.3. The minimum absolute atomic E-state index is 0.210. The monoisotopic (exact) mass is 371 g/mol. The highest BCUT2D eigenvalue weighted by molar-refractivity contribution is 7.71. The lowest BCUT2D eigenvalue weighted by atomic mass is 10.2. The van der Waals surface area contributed by atoms with Crippen molar-refractivity contribution in [2.75, 3.05) is 5.32 Å². The summed E-state index contributed by atoms with van der Waals surface area (Å²) in [4.78, 5) is 12.3. The number of aromatic amines is 1. The summed E-state index contributed by atoms with van der Waals surface area (Å²) in [7, 11) is 0.